The van der Waals surface area contributed by atoms with Gasteiger partial charge in [-0.1, -0.05) is 0 Å². The Bertz CT molecular complexity index is 165. The Morgan fingerprint density at radius 2 is 2.50 bits per heavy atom. The van der Waals surface area contributed by atoms with Gasteiger partial charge in [0.05, 0.1) is 17.0 Å². The smallest absolute Gasteiger partial charge is 0.155 e. The minimum absolute atomic E-state index is 0.230. The normalized spacial score (nSPS) is 15.4. The molecule has 0 fully saturated rings. The summed E-state index contributed by atoms with van der Waals surface area (Å²) < 4.78 is 18.8. The number of thiocarbonyl (C=S) groups is 1. The first-order valence-corrected chi connectivity index (χ1v) is 4.39. The summed E-state index contributed by atoms with van der Waals surface area (Å²) in [5.74, 6) is 0. The van der Waals surface area contributed by atoms with Gasteiger partial charge in [0.15, 0.2) is 11.1 Å². The van der Waals surface area contributed by atoms with Crippen LogP contribution in [0.15, 0.2) is 4.99 Å². The molecule has 0 aliphatic heterocycles. The van der Waals surface area contributed by atoms with Crippen LogP contribution in [0.25, 0.3) is 0 Å². The monoisotopic (exact) mass is 179 g/mol. The van der Waals surface area contributed by atoms with Crippen LogP contribution in [0.2, 0.25) is 0 Å². The second-order valence-corrected chi connectivity index (χ2v) is 3.39. The Hall–Kier alpha value is -0.0900. The van der Waals surface area contributed by atoms with Crippen LogP contribution in [0, 0.1) is 0 Å². The van der Waals surface area contributed by atoms with Crippen LogP contribution >= 0.6 is 12.2 Å². The van der Waals surface area contributed by atoms with Crippen molar-refractivity contribution in [3.8, 4) is 0 Å². The van der Waals surface area contributed by atoms with Crippen LogP contribution in [-0.4, -0.2) is 25.7 Å². The lowest BCUT2D eigenvalue weighted by Gasteiger charge is -2.01. The molecule has 5 heteroatoms. The van der Waals surface area contributed by atoms with Crippen molar-refractivity contribution in [1.29, 1.82) is 0 Å². The van der Waals surface area contributed by atoms with E-state index in [1.807, 2.05) is 0 Å². The van der Waals surface area contributed by atoms with Crippen LogP contribution in [0.4, 0.5) is 0 Å². The van der Waals surface area contributed by atoms with Crippen LogP contribution in [0.1, 0.15) is 13.3 Å². The van der Waals surface area contributed by atoms with Gasteiger partial charge in [-0.2, -0.15) is 0 Å². The molecule has 0 aliphatic rings. The molecule has 58 valence electrons. The maximum Gasteiger partial charge on any atom is 0.155 e. The number of nitrogens with zero attached hydrogens (tertiary/aromatic N) is 1. The summed E-state index contributed by atoms with van der Waals surface area (Å²) in [5, 5.41) is 1.96. The third-order valence-corrected chi connectivity index (χ3v) is 2.11. The number of hydrogen-bond donors (Lipinski definition) is 1. The number of rotatable bonds is 4. The average Bonchev–Trinajstić information content (AvgIpc) is 1.88. The van der Waals surface area contributed by atoms with E-state index in [4.69, 9.17) is 4.55 Å². The number of isothiocyanates is 1. The summed E-state index contributed by atoms with van der Waals surface area (Å²) in [4.78, 5) is 3.61. The predicted molar refractivity (Wildman–Crippen MR) is 44.7 cm³/mol. The van der Waals surface area contributed by atoms with Crippen molar-refractivity contribution in [1.82, 2.24) is 0 Å². The zero-order chi connectivity index (χ0) is 7.98. The van der Waals surface area contributed by atoms with E-state index in [0.717, 1.165) is 0 Å². The fourth-order valence-corrected chi connectivity index (χ4v) is 0.791. The molecule has 0 heterocycles. The van der Waals surface area contributed by atoms with E-state index in [2.05, 4.69) is 22.4 Å². The quantitative estimate of drug-likeness (QED) is 0.399. The van der Waals surface area contributed by atoms with Crippen molar-refractivity contribution >= 4 is 28.5 Å². The summed E-state index contributed by atoms with van der Waals surface area (Å²) in [6.07, 6.45) is 0.576. The molecule has 0 spiro atoms. The molecule has 0 radical (unpaired) electrons. The lowest BCUT2D eigenvalue weighted by molar-refractivity contribution is 0.546. The molecule has 0 saturated carbocycles. The molecular formula is C5H9NO2S2. The first kappa shape index (κ1) is 9.91. The van der Waals surface area contributed by atoms with Gasteiger partial charge in [0, 0.05) is 0 Å². The van der Waals surface area contributed by atoms with Crippen LogP contribution in [0.5, 0.6) is 0 Å². The van der Waals surface area contributed by atoms with Crippen LogP contribution in [0.3, 0.4) is 0 Å². The average molecular weight is 179 g/mol. The van der Waals surface area contributed by atoms with Gasteiger partial charge < -0.3 is 4.55 Å². The molecule has 3 nitrogen and oxygen atoms in total. The molecule has 0 amide bonds. The van der Waals surface area contributed by atoms with Gasteiger partial charge in [-0.15, -0.1) is 0 Å². The van der Waals surface area contributed by atoms with Crippen molar-refractivity contribution < 1.29 is 8.76 Å². The number of hydrogen-bond acceptors (Lipinski definition) is 3. The molecule has 0 rings (SSSR count). The largest absolute Gasteiger partial charge is 0.306 e. The van der Waals surface area contributed by atoms with Gasteiger partial charge in [-0.05, 0) is 25.6 Å². The zero-order valence-electron chi connectivity index (χ0n) is 5.61. The van der Waals surface area contributed by atoms with E-state index in [1.165, 1.54) is 0 Å². The second-order valence-electron chi connectivity index (χ2n) is 1.85. The SMILES string of the molecule is CC(CCN=C=S)S(=O)O. The Labute approximate surface area is 67.8 Å². The fourth-order valence-electron chi connectivity index (χ4n) is 0.393. The Balaban J connectivity index is 3.48. The Morgan fingerprint density at radius 1 is 1.90 bits per heavy atom. The third kappa shape index (κ3) is 4.76. The van der Waals surface area contributed by atoms with E-state index in [-0.39, 0.29) is 5.25 Å². The highest BCUT2D eigenvalue weighted by Gasteiger charge is 2.05. The molecule has 2 unspecified atom stereocenters. The molecule has 0 aliphatic carbocycles. The highest BCUT2D eigenvalue weighted by atomic mass is 32.2. The van der Waals surface area contributed by atoms with Crippen LogP contribution < -0.4 is 0 Å². The van der Waals surface area contributed by atoms with Gasteiger partial charge >= 0.3 is 0 Å². The Kier molecular flexibility index (Phi) is 5.63. The van der Waals surface area contributed by atoms with E-state index in [9.17, 15) is 4.21 Å². The lowest BCUT2D eigenvalue weighted by Crippen LogP contribution is -2.10. The van der Waals surface area contributed by atoms with Crippen LogP contribution in [-0.2, 0) is 11.1 Å². The Morgan fingerprint density at radius 3 is 2.90 bits per heavy atom. The highest BCUT2D eigenvalue weighted by molar-refractivity contribution is 7.79. The highest BCUT2D eigenvalue weighted by Crippen LogP contribution is 1.97. The molecule has 0 bridgehead atoms. The molecule has 0 aromatic rings. The van der Waals surface area contributed by atoms with Gasteiger partial charge in [-0.3, -0.25) is 0 Å². The maximum absolute atomic E-state index is 10.3. The van der Waals surface area contributed by atoms with Crippen molar-refractivity contribution in [3.63, 3.8) is 0 Å². The van der Waals surface area contributed by atoms with Crippen molar-refractivity contribution in [2.24, 2.45) is 4.99 Å². The summed E-state index contributed by atoms with van der Waals surface area (Å²) >= 11 is 2.58. The summed E-state index contributed by atoms with van der Waals surface area (Å²) in [6, 6.07) is 0. The topological polar surface area (TPSA) is 49.7 Å². The fraction of sp³-hybridized carbons (Fsp3) is 0.800. The molecule has 0 aromatic carbocycles. The van der Waals surface area contributed by atoms with Gasteiger partial charge in [0.25, 0.3) is 0 Å². The zero-order valence-corrected chi connectivity index (χ0v) is 7.24. The van der Waals surface area contributed by atoms with Crippen molar-refractivity contribution in [3.05, 3.63) is 0 Å². The van der Waals surface area contributed by atoms with Gasteiger partial charge in [0.2, 0.25) is 0 Å². The molecule has 10 heavy (non-hydrogen) atoms. The van der Waals surface area contributed by atoms with Crippen molar-refractivity contribution in [2.45, 2.75) is 18.6 Å². The molecular weight excluding hydrogens is 170 g/mol. The van der Waals surface area contributed by atoms with E-state index in [1.54, 1.807) is 6.92 Å². The number of aliphatic imine (C=N–C) groups is 1. The van der Waals surface area contributed by atoms with E-state index >= 15 is 0 Å². The first-order chi connectivity index (χ1) is 4.68. The molecule has 1 N–H and O–H groups in total. The molecule has 0 saturated heterocycles. The van der Waals surface area contributed by atoms with Gasteiger partial charge in [-0.25, -0.2) is 9.20 Å². The molecule has 2 atom stereocenters. The van der Waals surface area contributed by atoms with E-state index in [0.29, 0.717) is 13.0 Å². The first-order valence-electron chi connectivity index (χ1n) is 2.81. The summed E-state index contributed by atoms with van der Waals surface area (Å²) in [7, 11) is 0. The molecule has 0 aromatic heterocycles. The van der Waals surface area contributed by atoms with E-state index < -0.39 is 11.1 Å². The second kappa shape index (κ2) is 5.68. The predicted octanol–water partition coefficient (Wildman–Crippen LogP) is 1.09. The summed E-state index contributed by atoms with van der Waals surface area (Å²) in [5.41, 5.74) is 0. The lowest BCUT2D eigenvalue weighted by atomic mass is 10.3. The van der Waals surface area contributed by atoms with Gasteiger partial charge in [0.1, 0.15) is 0 Å². The summed E-state index contributed by atoms with van der Waals surface area (Å²) in [6.45, 7) is 2.17. The standard InChI is InChI=1S/C5H9NO2S2/c1-5(10(7)8)2-3-6-4-9/h5H,2-3H2,1H3,(H,7,8). The maximum atomic E-state index is 10.3. The minimum Gasteiger partial charge on any atom is -0.306 e. The third-order valence-electron chi connectivity index (χ3n) is 1.06. The minimum atomic E-state index is -1.74. The van der Waals surface area contributed by atoms with Crippen molar-refractivity contribution in [2.75, 3.05) is 6.54 Å².